The van der Waals surface area contributed by atoms with Gasteiger partial charge in [-0.3, -0.25) is 4.79 Å². The number of hydrogen-bond acceptors (Lipinski definition) is 4. The van der Waals surface area contributed by atoms with E-state index < -0.39 is 12.4 Å². The summed E-state index contributed by atoms with van der Waals surface area (Å²) in [5, 5.41) is 0.313. The fraction of sp³-hybridized carbons (Fsp3) is 0.0909. The summed E-state index contributed by atoms with van der Waals surface area (Å²) >= 11 is 1.01. The monoisotopic (exact) mass is 273 g/mol. The van der Waals surface area contributed by atoms with Crippen LogP contribution in [0.15, 0.2) is 24.4 Å². The first-order chi connectivity index (χ1) is 8.60. The predicted molar refractivity (Wildman–Crippen MR) is 59.5 cm³/mol. The number of rotatable bonds is 4. The van der Waals surface area contributed by atoms with Gasteiger partial charge in [-0.05, 0) is 12.1 Å². The van der Waals surface area contributed by atoms with Gasteiger partial charge in [0.25, 0.3) is 0 Å². The van der Waals surface area contributed by atoms with E-state index in [-0.39, 0.29) is 11.3 Å². The molecule has 18 heavy (non-hydrogen) atoms. The molecule has 0 aliphatic rings. The first-order valence-corrected chi connectivity index (χ1v) is 5.57. The third-order valence-corrected chi connectivity index (χ3v) is 2.99. The summed E-state index contributed by atoms with van der Waals surface area (Å²) in [6, 6.07) is 3.24. The lowest BCUT2D eigenvalue weighted by atomic mass is 10.2. The van der Waals surface area contributed by atoms with Gasteiger partial charge in [-0.1, -0.05) is 0 Å². The second-order valence-corrected chi connectivity index (χ2v) is 4.27. The van der Waals surface area contributed by atoms with Gasteiger partial charge in [-0.2, -0.15) is 8.78 Å². The van der Waals surface area contributed by atoms with Gasteiger partial charge in [0.15, 0.2) is 6.29 Å². The molecule has 0 saturated heterocycles. The van der Waals surface area contributed by atoms with Crippen LogP contribution in [0.4, 0.5) is 13.2 Å². The Hall–Kier alpha value is -1.89. The minimum absolute atomic E-state index is 0.217. The Balaban J connectivity index is 2.45. The number of aromatic nitrogens is 1. The van der Waals surface area contributed by atoms with E-state index in [2.05, 4.69) is 9.72 Å². The maximum absolute atomic E-state index is 13.0. The number of hydrogen-bond donors (Lipinski definition) is 0. The molecule has 1 heterocycles. The zero-order valence-electron chi connectivity index (χ0n) is 8.77. The van der Waals surface area contributed by atoms with Crippen LogP contribution in [0.25, 0.3) is 10.6 Å². The summed E-state index contributed by atoms with van der Waals surface area (Å²) in [7, 11) is 0. The summed E-state index contributed by atoms with van der Waals surface area (Å²) in [4.78, 5) is 14.8. The molecule has 3 nitrogen and oxygen atoms in total. The van der Waals surface area contributed by atoms with E-state index in [1.165, 1.54) is 12.3 Å². The highest BCUT2D eigenvalue weighted by Gasteiger charge is 2.15. The van der Waals surface area contributed by atoms with Crippen molar-refractivity contribution in [2.45, 2.75) is 6.61 Å². The van der Waals surface area contributed by atoms with Crippen molar-refractivity contribution in [1.82, 2.24) is 4.98 Å². The molecule has 94 valence electrons. The maximum atomic E-state index is 13.0. The Morgan fingerprint density at radius 2 is 2.17 bits per heavy atom. The van der Waals surface area contributed by atoms with Crippen LogP contribution < -0.4 is 4.74 Å². The zero-order valence-corrected chi connectivity index (χ0v) is 9.59. The standard InChI is InChI=1S/C11H6F3NO2S/c12-6-1-2-8(9(3-6)17-11(13)14)10-15-4-7(5-16)18-10/h1-5,11H. The Morgan fingerprint density at radius 3 is 2.78 bits per heavy atom. The van der Waals surface area contributed by atoms with Crippen molar-refractivity contribution in [2.75, 3.05) is 0 Å². The molecule has 7 heteroatoms. The molecule has 0 bridgehead atoms. The van der Waals surface area contributed by atoms with Crippen LogP contribution in [0.3, 0.4) is 0 Å². The summed E-state index contributed by atoms with van der Waals surface area (Å²) in [5.41, 5.74) is 0.217. The smallest absolute Gasteiger partial charge is 0.387 e. The third kappa shape index (κ3) is 2.67. The first-order valence-electron chi connectivity index (χ1n) is 4.76. The highest BCUT2D eigenvalue weighted by atomic mass is 32.1. The Morgan fingerprint density at radius 1 is 1.39 bits per heavy atom. The predicted octanol–water partition coefficient (Wildman–Crippen LogP) is 3.36. The fourth-order valence-corrected chi connectivity index (χ4v) is 2.09. The summed E-state index contributed by atoms with van der Waals surface area (Å²) in [5.74, 6) is -1.00. The van der Waals surface area contributed by atoms with Gasteiger partial charge in [-0.25, -0.2) is 9.37 Å². The summed E-state index contributed by atoms with van der Waals surface area (Å²) < 4.78 is 41.6. The van der Waals surface area contributed by atoms with Crippen LogP contribution in [0, 0.1) is 5.82 Å². The van der Waals surface area contributed by atoms with Gasteiger partial charge < -0.3 is 4.74 Å². The van der Waals surface area contributed by atoms with Crippen LogP contribution in [0.5, 0.6) is 5.75 Å². The van der Waals surface area contributed by atoms with E-state index in [4.69, 9.17) is 0 Å². The molecule has 0 atom stereocenters. The molecular formula is C11H6F3NO2S. The third-order valence-electron chi connectivity index (χ3n) is 2.03. The van der Waals surface area contributed by atoms with Gasteiger partial charge in [-0.15, -0.1) is 11.3 Å². The van der Waals surface area contributed by atoms with Gasteiger partial charge >= 0.3 is 6.61 Å². The summed E-state index contributed by atoms with van der Waals surface area (Å²) in [6.45, 7) is -3.06. The van der Waals surface area contributed by atoms with Crippen molar-refractivity contribution in [3.05, 3.63) is 35.1 Å². The van der Waals surface area contributed by atoms with E-state index in [0.29, 0.717) is 16.2 Å². The minimum Gasteiger partial charge on any atom is -0.434 e. The molecule has 0 radical (unpaired) electrons. The van der Waals surface area contributed by atoms with Crippen molar-refractivity contribution < 1.29 is 22.7 Å². The molecule has 2 aromatic rings. The molecule has 0 amide bonds. The lowest BCUT2D eigenvalue weighted by molar-refractivity contribution is -0.0496. The SMILES string of the molecule is O=Cc1cnc(-c2ccc(F)cc2OC(F)F)s1. The molecular weight excluding hydrogens is 267 g/mol. The van der Waals surface area contributed by atoms with Crippen molar-refractivity contribution in [3.8, 4) is 16.3 Å². The molecule has 2 rings (SSSR count). The van der Waals surface area contributed by atoms with Crippen LogP contribution in [0.1, 0.15) is 9.67 Å². The number of alkyl halides is 2. The molecule has 0 aliphatic heterocycles. The summed E-state index contributed by atoms with van der Waals surface area (Å²) in [6.07, 6.45) is 1.90. The normalized spacial score (nSPS) is 10.7. The molecule has 0 saturated carbocycles. The van der Waals surface area contributed by atoms with Crippen molar-refractivity contribution in [3.63, 3.8) is 0 Å². The maximum Gasteiger partial charge on any atom is 0.387 e. The van der Waals surface area contributed by atoms with E-state index in [0.717, 1.165) is 23.5 Å². The van der Waals surface area contributed by atoms with E-state index in [9.17, 15) is 18.0 Å². The highest BCUT2D eigenvalue weighted by Crippen LogP contribution is 2.34. The molecule has 0 N–H and O–H groups in total. The van der Waals surface area contributed by atoms with Crippen LogP contribution in [0.2, 0.25) is 0 Å². The van der Waals surface area contributed by atoms with E-state index >= 15 is 0 Å². The number of nitrogens with zero attached hydrogens (tertiary/aromatic N) is 1. The minimum atomic E-state index is -3.06. The Bertz CT molecular complexity index is 571. The lowest BCUT2D eigenvalue weighted by Gasteiger charge is -2.08. The number of benzene rings is 1. The number of carbonyl (C=O) groups excluding carboxylic acids is 1. The fourth-order valence-electron chi connectivity index (χ4n) is 1.33. The van der Waals surface area contributed by atoms with Gasteiger partial charge in [0.05, 0.1) is 10.4 Å². The van der Waals surface area contributed by atoms with E-state index in [1.54, 1.807) is 0 Å². The van der Waals surface area contributed by atoms with Gasteiger partial charge in [0, 0.05) is 12.3 Å². The quantitative estimate of drug-likeness (QED) is 0.802. The van der Waals surface area contributed by atoms with Gasteiger partial charge in [0.2, 0.25) is 0 Å². The highest BCUT2D eigenvalue weighted by molar-refractivity contribution is 7.16. The largest absolute Gasteiger partial charge is 0.434 e. The van der Waals surface area contributed by atoms with Crippen molar-refractivity contribution >= 4 is 17.6 Å². The van der Waals surface area contributed by atoms with Gasteiger partial charge in [0.1, 0.15) is 16.6 Å². The van der Waals surface area contributed by atoms with E-state index in [1.807, 2.05) is 0 Å². The van der Waals surface area contributed by atoms with Crippen molar-refractivity contribution in [2.24, 2.45) is 0 Å². The average molecular weight is 273 g/mol. The molecule has 1 aromatic carbocycles. The van der Waals surface area contributed by atoms with Crippen LogP contribution in [-0.2, 0) is 0 Å². The van der Waals surface area contributed by atoms with Crippen LogP contribution >= 0.6 is 11.3 Å². The number of halogens is 3. The molecule has 0 aliphatic carbocycles. The number of ether oxygens (including phenoxy) is 1. The zero-order chi connectivity index (χ0) is 13.1. The first kappa shape index (κ1) is 12.6. The number of carbonyl (C=O) groups is 1. The molecule has 0 spiro atoms. The molecule has 0 fully saturated rings. The topological polar surface area (TPSA) is 39.2 Å². The second-order valence-electron chi connectivity index (χ2n) is 3.20. The molecule has 0 unspecified atom stereocenters. The molecule has 1 aromatic heterocycles. The number of aldehydes is 1. The van der Waals surface area contributed by atoms with Crippen LogP contribution in [-0.4, -0.2) is 17.9 Å². The van der Waals surface area contributed by atoms with Crippen molar-refractivity contribution in [1.29, 1.82) is 0 Å². The lowest BCUT2D eigenvalue weighted by Crippen LogP contribution is -2.03. The Kier molecular flexibility index (Phi) is 3.61. The second kappa shape index (κ2) is 5.18. The Labute approximate surface area is 104 Å². The average Bonchev–Trinajstić information content (AvgIpc) is 2.77. The number of thiazole rings is 1.